The predicted octanol–water partition coefficient (Wildman–Crippen LogP) is 1.51. The average Bonchev–Trinajstić information content (AvgIpc) is 2.29. The molecule has 0 radical (unpaired) electrons. The van der Waals surface area contributed by atoms with E-state index in [9.17, 15) is 4.79 Å². The largest absolute Gasteiger partial charge is 0.385 e. The Balaban J connectivity index is 2.27. The first-order valence-electron chi connectivity index (χ1n) is 5.17. The van der Waals surface area contributed by atoms with Gasteiger partial charge in [-0.1, -0.05) is 0 Å². The maximum absolute atomic E-state index is 11.6. The highest BCUT2D eigenvalue weighted by Crippen LogP contribution is 1.96. The summed E-state index contributed by atoms with van der Waals surface area (Å²) in [7, 11) is 1.67. The first-order chi connectivity index (χ1) is 7.75. The van der Waals surface area contributed by atoms with Crippen molar-refractivity contribution in [3.63, 3.8) is 0 Å². The monoisotopic (exact) mass is 337 g/mol. The molecule has 0 aromatic carbocycles. The summed E-state index contributed by atoms with van der Waals surface area (Å²) in [4.78, 5) is 11.6. The summed E-state index contributed by atoms with van der Waals surface area (Å²) >= 11 is 2.04. The zero-order valence-electron chi connectivity index (χ0n) is 9.32. The van der Waals surface area contributed by atoms with Crippen molar-refractivity contribution in [2.24, 2.45) is 0 Å². The van der Waals surface area contributed by atoms with Crippen LogP contribution < -0.4 is 5.56 Å². The molecule has 0 saturated heterocycles. The summed E-state index contributed by atoms with van der Waals surface area (Å²) in [5.74, 6) is 0. The molecule has 0 aliphatic heterocycles. The summed E-state index contributed by atoms with van der Waals surface area (Å²) in [6.07, 6.45) is 2.67. The Morgan fingerprint density at radius 1 is 1.38 bits per heavy atom. The molecular weight excluding hydrogens is 321 g/mol. The van der Waals surface area contributed by atoms with E-state index < -0.39 is 0 Å². The fourth-order valence-electron chi connectivity index (χ4n) is 1.25. The van der Waals surface area contributed by atoms with Crippen molar-refractivity contribution in [2.75, 3.05) is 26.9 Å². The highest BCUT2D eigenvalue weighted by atomic mass is 127. The van der Waals surface area contributed by atoms with Gasteiger partial charge in [-0.25, -0.2) is 0 Å². The molecule has 0 aliphatic rings. The number of ether oxygens (including phenoxy) is 2. The Bertz CT molecular complexity index is 364. The van der Waals surface area contributed by atoms with Gasteiger partial charge in [0.1, 0.15) is 0 Å². The quantitative estimate of drug-likeness (QED) is 0.559. The molecule has 0 N–H and O–H groups in total. The molecule has 0 amide bonds. The van der Waals surface area contributed by atoms with E-state index in [0.717, 1.165) is 9.99 Å². The highest BCUT2D eigenvalue weighted by molar-refractivity contribution is 14.1. The summed E-state index contributed by atoms with van der Waals surface area (Å²) in [5, 5.41) is 0. The minimum Gasteiger partial charge on any atom is -0.385 e. The molecule has 1 heterocycles. The van der Waals surface area contributed by atoms with Gasteiger partial charge in [-0.15, -0.1) is 0 Å². The lowest BCUT2D eigenvalue weighted by molar-refractivity contribution is 0.0972. The zero-order chi connectivity index (χ0) is 11.8. The first kappa shape index (κ1) is 13.7. The van der Waals surface area contributed by atoms with Crippen LogP contribution in [0.15, 0.2) is 23.1 Å². The molecule has 90 valence electrons. The third-order valence-corrected chi connectivity index (χ3v) is 2.91. The average molecular weight is 337 g/mol. The molecule has 0 atom stereocenters. The van der Waals surface area contributed by atoms with E-state index in [2.05, 4.69) is 0 Å². The third kappa shape index (κ3) is 4.63. The van der Waals surface area contributed by atoms with Crippen molar-refractivity contribution in [3.8, 4) is 0 Å². The van der Waals surface area contributed by atoms with E-state index in [1.807, 2.05) is 28.7 Å². The second-order valence-corrected chi connectivity index (χ2v) is 4.48. The van der Waals surface area contributed by atoms with Gasteiger partial charge in [0.15, 0.2) is 0 Å². The number of hydrogen-bond donors (Lipinski definition) is 0. The SMILES string of the molecule is COCCCOCCn1cccc(I)c1=O. The summed E-state index contributed by atoms with van der Waals surface area (Å²) < 4.78 is 12.7. The van der Waals surface area contributed by atoms with Crippen LogP contribution in [-0.2, 0) is 16.0 Å². The van der Waals surface area contributed by atoms with Crippen LogP contribution >= 0.6 is 22.6 Å². The van der Waals surface area contributed by atoms with Gasteiger partial charge in [0, 0.05) is 33.1 Å². The molecule has 0 fully saturated rings. The van der Waals surface area contributed by atoms with Gasteiger partial charge >= 0.3 is 0 Å². The first-order valence-corrected chi connectivity index (χ1v) is 6.25. The normalized spacial score (nSPS) is 10.6. The highest BCUT2D eigenvalue weighted by Gasteiger charge is 1.98. The molecule has 1 aromatic rings. The van der Waals surface area contributed by atoms with Crippen LogP contribution in [0, 0.1) is 3.57 Å². The van der Waals surface area contributed by atoms with Crippen molar-refractivity contribution in [1.82, 2.24) is 4.57 Å². The molecule has 0 unspecified atom stereocenters. The van der Waals surface area contributed by atoms with E-state index in [1.165, 1.54) is 0 Å². The van der Waals surface area contributed by atoms with Gasteiger partial charge < -0.3 is 14.0 Å². The molecular formula is C11H16INO3. The van der Waals surface area contributed by atoms with Gasteiger partial charge in [0.2, 0.25) is 0 Å². The predicted molar refractivity (Wildman–Crippen MR) is 70.7 cm³/mol. The summed E-state index contributed by atoms with van der Waals surface area (Å²) in [6, 6.07) is 3.67. The fraction of sp³-hybridized carbons (Fsp3) is 0.545. The van der Waals surface area contributed by atoms with Crippen LogP contribution in [0.2, 0.25) is 0 Å². The Morgan fingerprint density at radius 3 is 2.94 bits per heavy atom. The van der Waals surface area contributed by atoms with Crippen LogP contribution in [-0.4, -0.2) is 31.5 Å². The third-order valence-electron chi connectivity index (χ3n) is 2.09. The Hall–Kier alpha value is -0.400. The van der Waals surface area contributed by atoms with Gasteiger partial charge in [-0.3, -0.25) is 4.79 Å². The molecule has 16 heavy (non-hydrogen) atoms. The van der Waals surface area contributed by atoms with Crippen molar-refractivity contribution in [1.29, 1.82) is 0 Å². The van der Waals surface area contributed by atoms with Crippen LogP contribution in [0.3, 0.4) is 0 Å². The fourth-order valence-corrected chi connectivity index (χ4v) is 1.77. The number of hydrogen-bond acceptors (Lipinski definition) is 3. The number of methoxy groups -OCH3 is 1. The van der Waals surface area contributed by atoms with Crippen molar-refractivity contribution in [2.45, 2.75) is 13.0 Å². The molecule has 4 nitrogen and oxygen atoms in total. The Morgan fingerprint density at radius 2 is 2.19 bits per heavy atom. The Kier molecular flexibility index (Phi) is 6.67. The topological polar surface area (TPSA) is 40.5 Å². The van der Waals surface area contributed by atoms with Gasteiger partial charge in [-0.2, -0.15) is 0 Å². The summed E-state index contributed by atoms with van der Waals surface area (Å²) in [5.41, 5.74) is 0.0450. The van der Waals surface area contributed by atoms with Gasteiger partial charge in [0.25, 0.3) is 5.56 Å². The number of nitrogens with zero attached hydrogens (tertiary/aromatic N) is 1. The smallest absolute Gasteiger partial charge is 0.264 e. The van der Waals surface area contributed by atoms with Gasteiger partial charge in [-0.05, 0) is 41.1 Å². The lowest BCUT2D eigenvalue weighted by atomic mass is 10.4. The molecule has 0 spiro atoms. The van der Waals surface area contributed by atoms with E-state index in [4.69, 9.17) is 9.47 Å². The molecule has 0 aliphatic carbocycles. The maximum atomic E-state index is 11.6. The minimum atomic E-state index is 0.0450. The molecule has 1 aromatic heterocycles. The summed E-state index contributed by atoms with van der Waals surface area (Å²) in [6.45, 7) is 2.54. The molecule has 0 bridgehead atoms. The zero-order valence-corrected chi connectivity index (χ0v) is 11.5. The van der Waals surface area contributed by atoms with Crippen LogP contribution in [0.4, 0.5) is 0 Å². The second kappa shape index (κ2) is 7.81. The number of rotatable bonds is 7. The Labute approximate surface area is 109 Å². The minimum absolute atomic E-state index is 0.0450. The van der Waals surface area contributed by atoms with Crippen LogP contribution in [0.5, 0.6) is 0 Å². The van der Waals surface area contributed by atoms with E-state index >= 15 is 0 Å². The maximum Gasteiger partial charge on any atom is 0.264 e. The number of halogens is 1. The van der Waals surface area contributed by atoms with E-state index in [-0.39, 0.29) is 5.56 Å². The van der Waals surface area contributed by atoms with E-state index in [1.54, 1.807) is 23.9 Å². The number of aromatic nitrogens is 1. The van der Waals surface area contributed by atoms with Crippen LogP contribution in [0.25, 0.3) is 0 Å². The van der Waals surface area contributed by atoms with Crippen molar-refractivity contribution >= 4 is 22.6 Å². The molecule has 5 heteroatoms. The van der Waals surface area contributed by atoms with Gasteiger partial charge in [0.05, 0.1) is 10.2 Å². The standard InChI is InChI=1S/C11H16INO3/c1-15-7-3-8-16-9-6-13-5-2-4-10(12)11(13)14/h2,4-5H,3,6-9H2,1H3. The van der Waals surface area contributed by atoms with Crippen molar-refractivity contribution in [3.05, 3.63) is 32.3 Å². The lowest BCUT2D eigenvalue weighted by Crippen LogP contribution is -2.23. The molecule has 1 rings (SSSR count). The second-order valence-electron chi connectivity index (χ2n) is 3.31. The number of pyridine rings is 1. The van der Waals surface area contributed by atoms with E-state index in [0.29, 0.717) is 26.4 Å². The van der Waals surface area contributed by atoms with Crippen LogP contribution in [0.1, 0.15) is 6.42 Å². The lowest BCUT2D eigenvalue weighted by Gasteiger charge is -2.06. The van der Waals surface area contributed by atoms with Crippen molar-refractivity contribution < 1.29 is 9.47 Å². The molecule has 0 saturated carbocycles.